The summed E-state index contributed by atoms with van der Waals surface area (Å²) in [5.41, 5.74) is 6.36. The summed E-state index contributed by atoms with van der Waals surface area (Å²) in [5.74, 6) is 1.84. The Kier molecular flexibility index (Phi) is 3.94. The van der Waals surface area contributed by atoms with Crippen LogP contribution in [0.1, 0.15) is 38.3 Å². The van der Waals surface area contributed by atoms with Crippen molar-refractivity contribution >= 4 is 5.82 Å². The maximum absolute atomic E-state index is 5.52. The molecule has 0 saturated heterocycles. The van der Waals surface area contributed by atoms with Gasteiger partial charge in [0.15, 0.2) is 5.82 Å². The Labute approximate surface area is 103 Å². The molecule has 2 rings (SSSR count). The molecule has 17 heavy (non-hydrogen) atoms. The molecule has 1 aliphatic carbocycles. The first kappa shape index (κ1) is 12.3. The molecule has 4 nitrogen and oxygen atoms in total. The zero-order chi connectivity index (χ0) is 12.3. The zero-order valence-corrected chi connectivity index (χ0v) is 10.8. The smallest absolute Gasteiger partial charge is 0.151 e. The van der Waals surface area contributed by atoms with E-state index in [9.17, 15) is 0 Å². The van der Waals surface area contributed by atoms with Crippen LogP contribution in [0.4, 0.5) is 5.82 Å². The molecule has 1 saturated carbocycles. The van der Waals surface area contributed by atoms with Gasteiger partial charge in [-0.05, 0) is 43.7 Å². The number of aromatic nitrogens is 2. The van der Waals surface area contributed by atoms with Crippen molar-refractivity contribution in [1.82, 2.24) is 10.2 Å². The normalized spacial score (nSPS) is 24.6. The first-order valence-corrected chi connectivity index (χ1v) is 6.46. The van der Waals surface area contributed by atoms with E-state index in [0.29, 0.717) is 12.6 Å². The highest BCUT2D eigenvalue weighted by Gasteiger charge is 2.22. The van der Waals surface area contributed by atoms with Crippen LogP contribution < -0.4 is 10.6 Å². The van der Waals surface area contributed by atoms with E-state index in [1.165, 1.54) is 25.7 Å². The summed E-state index contributed by atoms with van der Waals surface area (Å²) in [6.07, 6.45) is 5.17. The van der Waals surface area contributed by atoms with Crippen LogP contribution in [0.5, 0.6) is 0 Å². The highest BCUT2D eigenvalue weighted by Crippen LogP contribution is 2.28. The molecule has 1 aromatic rings. The third kappa shape index (κ3) is 2.94. The van der Waals surface area contributed by atoms with Crippen molar-refractivity contribution in [2.45, 2.75) is 45.2 Å². The maximum atomic E-state index is 5.52. The lowest BCUT2D eigenvalue weighted by molar-refractivity contribution is 0.339. The molecule has 2 N–H and O–H groups in total. The number of nitrogens with zero attached hydrogens (tertiary/aromatic N) is 3. The SMILES string of the molecule is CC1CCC(N(C)c2ccc(CN)nn2)CC1. The van der Waals surface area contributed by atoms with Gasteiger partial charge in [-0.3, -0.25) is 0 Å². The van der Waals surface area contributed by atoms with Gasteiger partial charge in [0.25, 0.3) is 0 Å². The van der Waals surface area contributed by atoms with Gasteiger partial charge in [-0.25, -0.2) is 0 Å². The van der Waals surface area contributed by atoms with Crippen molar-refractivity contribution in [3.8, 4) is 0 Å². The van der Waals surface area contributed by atoms with Gasteiger partial charge in [-0.2, -0.15) is 5.10 Å². The van der Waals surface area contributed by atoms with Gasteiger partial charge in [-0.1, -0.05) is 6.92 Å². The van der Waals surface area contributed by atoms with Crippen LogP contribution in [0.3, 0.4) is 0 Å². The molecule has 0 amide bonds. The second-order valence-electron chi connectivity index (χ2n) is 5.11. The standard InChI is InChI=1S/C13H22N4/c1-10-3-6-12(7-4-10)17(2)13-8-5-11(9-14)15-16-13/h5,8,10,12H,3-4,6-7,9,14H2,1-2H3. The molecule has 0 radical (unpaired) electrons. The minimum absolute atomic E-state index is 0.456. The summed E-state index contributed by atoms with van der Waals surface area (Å²) in [6.45, 7) is 2.80. The molecule has 0 unspecified atom stereocenters. The Hall–Kier alpha value is -1.16. The molecule has 0 aliphatic heterocycles. The van der Waals surface area contributed by atoms with Gasteiger partial charge in [0.2, 0.25) is 0 Å². The van der Waals surface area contributed by atoms with Crippen LogP contribution >= 0.6 is 0 Å². The molecule has 0 aromatic carbocycles. The van der Waals surface area contributed by atoms with E-state index in [-0.39, 0.29) is 0 Å². The van der Waals surface area contributed by atoms with E-state index in [1.807, 2.05) is 12.1 Å². The Balaban J connectivity index is 2.00. The summed E-state index contributed by atoms with van der Waals surface area (Å²) < 4.78 is 0. The van der Waals surface area contributed by atoms with Crippen LogP contribution in [0.15, 0.2) is 12.1 Å². The van der Waals surface area contributed by atoms with E-state index < -0.39 is 0 Å². The molecular formula is C13H22N4. The van der Waals surface area contributed by atoms with Crippen molar-refractivity contribution in [2.75, 3.05) is 11.9 Å². The molecule has 1 aliphatic rings. The van der Waals surface area contributed by atoms with E-state index in [1.54, 1.807) is 0 Å². The van der Waals surface area contributed by atoms with Crippen molar-refractivity contribution in [2.24, 2.45) is 11.7 Å². The lowest BCUT2D eigenvalue weighted by Crippen LogP contribution is -2.35. The Bertz CT molecular complexity index is 341. The van der Waals surface area contributed by atoms with E-state index in [4.69, 9.17) is 5.73 Å². The number of nitrogens with two attached hydrogens (primary N) is 1. The van der Waals surface area contributed by atoms with Crippen LogP contribution in [0, 0.1) is 5.92 Å². The minimum Gasteiger partial charge on any atom is -0.355 e. The molecule has 1 fully saturated rings. The number of hydrogen-bond acceptors (Lipinski definition) is 4. The Morgan fingerprint density at radius 2 is 1.94 bits per heavy atom. The van der Waals surface area contributed by atoms with Crippen molar-refractivity contribution in [1.29, 1.82) is 0 Å². The highest BCUT2D eigenvalue weighted by molar-refractivity contribution is 5.37. The summed E-state index contributed by atoms with van der Waals surface area (Å²) in [6, 6.07) is 4.60. The largest absolute Gasteiger partial charge is 0.355 e. The molecule has 94 valence electrons. The predicted octanol–water partition coefficient (Wildman–Crippen LogP) is 1.95. The quantitative estimate of drug-likeness (QED) is 0.868. The lowest BCUT2D eigenvalue weighted by Gasteiger charge is -2.34. The summed E-state index contributed by atoms with van der Waals surface area (Å²) in [7, 11) is 2.12. The van der Waals surface area contributed by atoms with Crippen LogP contribution in [0.25, 0.3) is 0 Å². The Morgan fingerprint density at radius 1 is 1.24 bits per heavy atom. The van der Waals surface area contributed by atoms with Crippen molar-refractivity contribution in [3.63, 3.8) is 0 Å². The monoisotopic (exact) mass is 234 g/mol. The maximum Gasteiger partial charge on any atom is 0.151 e. The third-order valence-electron chi connectivity index (χ3n) is 3.81. The van der Waals surface area contributed by atoms with Crippen LogP contribution in [0.2, 0.25) is 0 Å². The van der Waals surface area contributed by atoms with Crippen molar-refractivity contribution in [3.05, 3.63) is 17.8 Å². The van der Waals surface area contributed by atoms with Gasteiger partial charge < -0.3 is 10.6 Å². The van der Waals surface area contributed by atoms with E-state index in [2.05, 4.69) is 29.1 Å². The van der Waals surface area contributed by atoms with Crippen molar-refractivity contribution < 1.29 is 0 Å². The van der Waals surface area contributed by atoms with Gasteiger partial charge in [0.05, 0.1) is 5.69 Å². The zero-order valence-electron chi connectivity index (χ0n) is 10.8. The number of rotatable bonds is 3. The summed E-state index contributed by atoms with van der Waals surface area (Å²) >= 11 is 0. The molecule has 0 bridgehead atoms. The third-order valence-corrected chi connectivity index (χ3v) is 3.81. The number of hydrogen-bond donors (Lipinski definition) is 1. The molecule has 1 aromatic heterocycles. The van der Waals surface area contributed by atoms with Gasteiger partial charge in [-0.15, -0.1) is 5.10 Å². The molecular weight excluding hydrogens is 212 g/mol. The second kappa shape index (κ2) is 5.45. The summed E-state index contributed by atoms with van der Waals surface area (Å²) in [4.78, 5) is 2.26. The molecule has 1 heterocycles. The first-order valence-electron chi connectivity index (χ1n) is 6.46. The van der Waals surface area contributed by atoms with Gasteiger partial charge in [0, 0.05) is 19.6 Å². The molecule has 0 spiro atoms. The fourth-order valence-corrected chi connectivity index (χ4v) is 2.47. The first-order chi connectivity index (χ1) is 8.20. The fraction of sp³-hybridized carbons (Fsp3) is 0.692. The van der Waals surface area contributed by atoms with E-state index in [0.717, 1.165) is 17.4 Å². The summed E-state index contributed by atoms with van der Waals surface area (Å²) in [5, 5.41) is 8.35. The average Bonchev–Trinajstić information content (AvgIpc) is 2.39. The predicted molar refractivity (Wildman–Crippen MR) is 69.7 cm³/mol. The minimum atomic E-state index is 0.456. The van der Waals surface area contributed by atoms with Gasteiger partial charge >= 0.3 is 0 Å². The van der Waals surface area contributed by atoms with Crippen LogP contribution in [-0.2, 0) is 6.54 Å². The van der Waals surface area contributed by atoms with Crippen LogP contribution in [-0.4, -0.2) is 23.3 Å². The highest BCUT2D eigenvalue weighted by atomic mass is 15.3. The topological polar surface area (TPSA) is 55.0 Å². The Morgan fingerprint density at radius 3 is 2.47 bits per heavy atom. The van der Waals surface area contributed by atoms with Gasteiger partial charge in [0.1, 0.15) is 0 Å². The van der Waals surface area contributed by atoms with E-state index >= 15 is 0 Å². The lowest BCUT2D eigenvalue weighted by atomic mass is 9.87. The second-order valence-corrected chi connectivity index (χ2v) is 5.11. The fourth-order valence-electron chi connectivity index (χ4n) is 2.47. The molecule has 0 atom stereocenters. The average molecular weight is 234 g/mol. The number of anilines is 1. The molecule has 4 heteroatoms.